The normalized spacial score (nSPS) is 17.3. The number of benzene rings is 1. The molecule has 0 heterocycles. The average Bonchev–Trinajstić information content (AvgIpc) is 2.28. The molecule has 0 aromatic heterocycles. The summed E-state index contributed by atoms with van der Waals surface area (Å²) in [6.07, 6.45) is 3.15. The van der Waals surface area contributed by atoms with Crippen LogP contribution in [0.25, 0.3) is 0 Å². The minimum atomic E-state index is -0.633. The van der Waals surface area contributed by atoms with Gasteiger partial charge in [0.2, 0.25) is 0 Å². The van der Waals surface area contributed by atoms with Crippen LogP contribution in [-0.2, 0) is 0 Å². The number of rotatable bonds is 5. The van der Waals surface area contributed by atoms with Gasteiger partial charge in [0, 0.05) is 18.7 Å². The monoisotopic (exact) mass is 251 g/mol. The Morgan fingerprint density at radius 3 is 2.67 bits per heavy atom. The maximum atomic E-state index is 14.1. The van der Waals surface area contributed by atoms with Crippen molar-refractivity contribution >= 4 is 5.69 Å². The molecule has 1 atom stereocenters. The average molecular weight is 251 g/mol. The fourth-order valence-electron chi connectivity index (χ4n) is 2.57. The van der Waals surface area contributed by atoms with Crippen molar-refractivity contribution in [3.05, 3.63) is 29.6 Å². The Morgan fingerprint density at radius 2 is 2.17 bits per heavy atom. The van der Waals surface area contributed by atoms with Gasteiger partial charge in [-0.2, -0.15) is 0 Å². The van der Waals surface area contributed by atoms with E-state index in [1.807, 2.05) is 13.0 Å². The zero-order chi connectivity index (χ0) is 13.1. The maximum absolute atomic E-state index is 14.1. The molecular weight excluding hydrogens is 229 g/mol. The molecule has 3 heteroatoms. The van der Waals surface area contributed by atoms with E-state index < -0.39 is 6.10 Å². The molecule has 1 aliphatic rings. The van der Waals surface area contributed by atoms with E-state index in [4.69, 9.17) is 0 Å². The van der Waals surface area contributed by atoms with Crippen LogP contribution < -0.4 is 4.90 Å². The molecule has 100 valence electrons. The Morgan fingerprint density at radius 1 is 1.44 bits per heavy atom. The maximum Gasteiger partial charge on any atom is 0.146 e. The Bertz CT molecular complexity index is 401. The summed E-state index contributed by atoms with van der Waals surface area (Å²) in [6, 6.07) is 4.95. The van der Waals surface area contributed by atoms with E-state index in [0.29, 0.717) is 17.2 Å². The van der Waals surface area contributed by atoms with Crippen LogP contribution >= 0.6 is 0 Å². The molecule has 0 amide bonds. The summed E-state index contributed by atoms with van der Waals surface area (Å²) >= 11 is 0. The summed E-state index contributed by atoms with van der Waals surface area (Å²) in [6.45, 7) is 5.40. The first kappa shape index (κ1) is 13.3. The topological polar surface area (TPSA) is 23.5 Å². The third kappa shape index (κ3) is 2.66. The molecule has 1 N–H and O–H groups in total. The lowest BCUT2D eigenvalue weighted by atomic mass is 9.85. The van der Waals surface area contributed by atoms with E-state index in [2.05, 4.69) is 4.90 Å². The molecule has 0 aliphatic heterocycles. The number of hydrogen-bond donors (Lipinski definition) is 1. The van der Waals surface area contributed by atoms with Gasteiger partial charge in [-0.25, -0.2) is 4.39 Å². The Balaban J connectivity index is 2.27. The molecule has 0 bridgehead atoms. The summed E-state index contributed by atoms with van der Waals surface area (Å²) in [5.74, 6) is 0.459. The van der Waals surface area contributed by atoms with Crippen LogP contribution in [0.1, 0.15) is 44.8 Å². The van der Waals surface area contributed by atoms with Crippen molar-refractivity contribution in [2.45, 2.75) is 39.2 Å². The van der Waals surface area contributed by atoms with Crippen molar-refractivity contribution in [2.75, 3.05) is 18.0 Å². The number of aliphatic hydroxyl groups is 1. The second kappa shape index (κ2) is 5.70. The molecule has 1 aromatic rings. The highest BCUT2D eigenvalue weighted by atomic mass is 19.1. The Hall–Kier alpha value is -1.09. The molecule has 0 saturated heterocycles. The van der Waals surface area contributed by atoms with Gasteiger partial charge in [0.1, 0.15) is 5.82 Å². The lowest BCUT2D eigenvalue weighted by Crippen LogP contribution is -2.33. The van der Waals surface area contributed by atoms with E-state index >= 15 is 0 Å². The fourth-order valence-corrected chi connectivity index (χ4v) is 2.57. The molecule has 1 saturated carbocycles. The van der Waals surface area contributed by atoms with Gasteiger partial charge in [-0.15, -0.1) is 0 Å². The summed E-state index contributed by atoms with van der Waals surface area (Å²) in [5, 5.41) is 9.79. The predicted octanol–water partition coefficient (Wildman–Crippen LogP) is 3.51. The molecule has 1 aromatic carbocycles. The molecular formula is C15H22FNO. The first-order valence-electron chi connectivity index (χ1n) is 6.85. The van der Waals surface area contributed by atoms with Gasteiger partial charge in [0.05, 0.1) is 11.8 Å². The zero-order valence-electron chi connectivity index (χ0n) is 11.2. The molecule has 2 nitrogen and oxygen atoms in total. The van der Waals surface area contributed by atoms with E-state index in [1.54, 1.807) is 13.0 Å². The van der Waals surface area contributed by atoms with Gasteiger partial charge in [0.15, 0.2) is 0 Å². The summed E-state index contributed by atoms with van der Waals surface area (Å²) < 4.78 is 14.1. The SMILES string of the molecule is CCN(CC1CCC1)c1c(F)cccc1[C@H](C)O. The predicted molar refractivity (Wildman–Crippen MR) is 72.3 cm³/mol. The smallest absolute Gasteiger partial charge is 0.146 e. The first-order chi connectivity index (χ1) is 8.63. The van der Waals surface area contributed by atoms with Crippen LogP contribution in [-0.4, -0.2) is 18.2 Å². The Labute approximate surface area is 108 Å². The van der Waals surface area contributed by atoms with Crippen molar-refractivity contribution < 1.29 is 9.50 Å². The molecule has 0 unspecified atom stereocenters. The van der Waals surface area contributed by atoms with Crippen molar-refractivity contribution in [2.24, 2.45) is 5.92 Å². The van der Waals surface area contributed by atoms with Gasteiger partial charge in [-0.05, 0) is 38.7 Å². The number of anilines is 1. The summed E-state index contributed by atoms with van der Waals surface area (Å²) in [4.78, 5) is 2.07. The van der Waals surface area contributed by atoms with Crippen LogP contribution in [0.5, 0.6) is 0 Å². The van der Waals surface area contributed by atoms with E-state index in [9.17, 15) is 9.50 Å². The second-order valence-electron chi connectivity index (χ2n) is 5.19. The van der Waals surface area contributed by atoms with Crippen molar-refractivity contribution in [1.29, 1.82) is 0 Å². The van der Waals surface area contributed by atoms with Gasteiger partial charge >= 0.3 is 0 Å². The Kier molecular flexibility index (Phi) is 4.23. The van der Waals surface area contributed by atoms with Gasteiger partial charge in [0.25, 0.3) is 0 Å². The standard InChI is InChI=1S/C15H22FNO/c1-3-17(10-12-6-4-7-12)15-13(11(2)18)8-5-9-14(15)16/h5,8-9,11-12,18H,3-4,6-7,10H2,1-2H3/t11-/m0/s1. The minimum Gasteiger partial charge on any atom is -0.389 e. The van der Waals surface area contributed by atoms with Crippen molar-refractivity contribution in [1.82, 2.24) is 0 Å². The highest BCUT2D eigenvalue weighted by Gasteiger charge is 2.24. The minimum absolute atomic E-state index is 0.227. The van der Waals surface area contributed by atoms with E-state index in [0.717, 1.165) is 13.1 Å². The van der Waals surface area contributed by atoms with Crippen LogP contribution in [0.2, 0.25) is 0 Å². The van der Waals surface area contributed by atoms with Crippen LogP contribution in [0, 0.1) is 11.7 Å². The van der Waals surface area contributed by atoms with Gasteiger partial charge in [-0.3, -0.25) is 0 Å². The van der Waals surface area contributed by atoms with Crippen LogP contribution in [0.4, 0.5) is 10.1 Å². The van der Waals surface area contributed by atoms with E-state index in [1.165, 1.54) is 25.3 Å². The number of para-hydroxylation sites is 1. The van der Waals surface area contributed by atoms with E-state index in [-0.39, 0.29) is 5.82 Å². The molecule has 2 rings (SSSR count). The molecule has 18 heavy (non-hydrogen) atoms. The highest BCUT2D eigenvalue weighted by molar-refractivity contribution is 5.55. The summed E-state index contributed by atoms with van der Waals surface area (Å²) in [7, 11) is 0. The van der Waals surface area contributed by atoms with Crippen molar-refractivity contribution in [3.8, 4) is 0 Å². The largest absolute Gasteiger partial charge is 0.389 e. The molecule has 0 radical (unpaired) electrons. The zero-order valence-corrected chi connectivity index (χ0v) is 11.2. The lowest BCUT2D eigenvalue weighted by Gasteiger charge is -2.34. The highest BCUT2D eigenvalue weighted by Crippen LogP contribution is 2.33. The number of aliphatic hydroxyl groups excluding tert-OH is 1. The summed E-state index contributed by atoms with van der Waals surface area (Å²) in [5.41, 5.74) is 1.28. The molecule has 1 aliphatic carbocycles. The van der Waals surface area contributed by atoms with Crippen LogP contribution in [0.15, 0.2) is 18.2 Å². The molecule has 0 spiro atoms. The second-order valence-corrected chi connectivity index (χ2v) is 5.19. The molecule has 1 fully saturated rings. The van der Waals surface area contributed by atoms with Crippen LogP contribution in [0.3, 0.4) is 0 Å². The first-order valence-corrected chi connectivity index (χ1v) is 6.85. The fraction of sp³-hybridized carbons (Fsp3) is 0.600. The van der Waals surface area contributed by atoms with Gasteiger partial charge < -0.3 is 10.0 Å². The number of nitrogens with zero attached hydrogens (tertiary/aromatic N) is 1. The number of halogens is 1. The number of hydrogen-bond acceptors (Lipinski definition) is 2. The third-order valence-corrected chi connectivity index (χ3v) is 3.87. The van der Waals surface area contributed by atoms with Gasteiger partial charge in [-0.1, -0.05) is 18.6 Å². The third-order valence-electron chi connectivity index (χ3n) is 3.87. The van der Waals surface area contributed by atoms with Crippen molar-refractivity contribution in [3.63, 3.8) is 0 Å². The quantitative estimate of drug-likeness (QED) is 0.865. The lowest BCUT2D eigenvalue weighted by molar-refractivity contribution is 0.199.